The summed E-state index contributed by atoms with van der Waals surface area (Å²) in [6.45, 7) is 9.39. The lowest BCUT2D eigenvalue weighted by atomic mass is 9.75. The molecule has 9 aromatic rings. The molecule has 0 radical (unpaired) electrons. The number of para-hydroxylation sites is 1. The van der Waals surface area contributed by atoms with E-state index in [1.54, 1.807) is 0 Å². The molecule has 1 aliphatic rings. The summed E-state index contributed by atoms with van der Waals surface area (Å²) in [7, 11) is 0. The molecule has 0 fully saturated rings. The number of benzene rings is 9. The van der Waals surface area contributed by atoms with Crippen LogP contribution < -0.4 is 4.90 Å². The van der Waals surface area contributed by atoms with Crippen LogP contribution in [0.3, 0.4) is 0 Å². The van der Waals surface area contributed by atoms with E-state index in [1.807, 2.05) is 0 Å². The monoisotopic (exact) mass is 771 g/mol. The van der Waals surface area contributed by atoms with Gasteiger partial charge in [-0.15, -0.1) is 0 Å². The highest BCUT2D eigenvalue weighted by Gasteiger charge is 2.37. The maximum atomic E-state index is 2.52. The van der Waals surface area contributed by atoms with Gasteiger partial charge in [-0.3, -0.25) is 0 Å². The molecule has 0 spiro atoms. The van der Waals surface area contributed by atoms with Gasteiger partial charge in [-0.25, -0.2) is 0 Å². The maximum Gasteiger partial charge on any atom is 0.0465 e. The van der Waals surface area contributed by atoms with Gasteiger partial charge in [0.25, 0.3) is 0 Å². The molecule has 0 N–H and O–H groups in total. The van der Waals surface area contributed by atoms with Crippen LogP contribution in [0.1, 0.15) is 66.0 Å². The van der Waals surface area contributed by atoms with Crippen LogP contribution in [0.4, 0.5) is 17.1 Å². The van der Waals surface area contributed by atoms with Crippen LogP contribution in [-0.2, 0) is 5.41 Å². The predicted molar refractivity (Wildman–Crippen MR) is 255 cm³/mol. The molecule has 0 heterocycles. The zero-order valence-electron chi connectivity index (χ0n) is 34.8. The van der Waals surface area contributed by atoms with Gasteiger partial charge in [-0.2, -0.15) is 0 Å². The fourth-order valence-electron chi connectivity index (χ4n) is 9.62. The van der Waals surface area contributed by atoms with Gasteiger partial charge in [0, 0.05) is 28.4 Å². The Balaban J connectivity index is 0.985. The summed E-state index contributed by atoms with van der Waals surface area (Å²) in [5.74, 6) is 0.471. The second-order valence-electron chi connectivity index (χ2n) is 17.1. The first-order valence-corrected chi connectivity index (χ1v) is 21.3. The van der Waals surface area contributed by atoms with Gasteiger partial charge >= 0.3 is 0 Å². The molecule has 290 valence electrons. The lowest BCUT2D eigenvalue weighted by molar-refractivity contribution is 0.640. The van der Waals surface area contributed by atoms with Gasteiger partial charge in [-0.05, 0) is 121 Å². The number of hydrogen-bond donors (Lipinski definition) is 0. The summed E-state index contributed by atoms with van der Waals surface area (Å²) < 4.78 is 0. The zero-order valence-corrected chi connectivity index (χ0v) is 34.8. The normalized spacial score (nSPS) is 13.7. The summed E-state index contributed by atoms with van der Waals surface area (Å²) in [4.78, 5) is 2.39. The number of anilines is 3. The van der Waals surface area contributed by atoms with Crippen molar-refractivity contribution >= 4 is 27.8 Å². The summed E-state index contributed by atoms with van der Waals surface area (Å²) >= 11 is 0. The highest BCUT2D eigenvalue weighted by Crippen LogP contribution is 2.52. The third kappa shape index (κ3) is 6.81. The molecule has 0 aromatic heterocycles. The fourth-order valence-corrected chi connectivity index (χ4v) is 9.62. The van der Waals surface area contributed by atoms with Crippen LogP contribution in [0.5, 0.6) is 0 Å². The molecule has 0 saturated carbocycles. The topological polar surface area (TPSA) is 3.24 Å². The van der Waals surface area contributed by atoms with E-state index in [0.717, 1.165) is 17.1 Å². The van der Waals surface area contributed by atoms with E-state index in [2.05, 4.69) is 245 Å². The van der Waals surface area contributed by atoms with E-state index in [-0.39, 0.29) is 17.3 Å². The highest BCUT2D eigenvalue weighted by molar-refractivity contribution is 5.87. The zero-order chi connectivity index (χ0) is 40.8. The van der Waals surface area contributed by atoms with Crippen LogP contribution in [0.25, 0.3) is 44.2 Å². The summed E-state index contributed by atoms with van der Waals surface area (Å²) in [6.07, 6.45) is 0. The van der Waals surface area contributed by atoms with E-state index >= 15 is 0 Å². The average molecular weight is 772 g/mol. The quantitative estimate of drug-likeness (QED) is 0.141. The number of hydrogen-bond acceptors (Lipinski definition) is 1. The predicted octanol–water partition coefficient (Wildman–Crippen LogP) is 16.2. The van der Waals surface area contributed by atoms with E-state index < -0.39 is 0 Å². The van der Waals surface area contributed by atoms with Crippen LogP contribution in [0.2, 0.25) is 0 Å². The van der Waals surface area contributed by atoms with Crippen molar-refractivity contribution in [1.29, 1.82) is 0 Å². The molecule has 0 amide bonds. The molecule has 1 aliphatic carbocycles. The molecular weight excluding hydrogens is 723 g/mol. The van der Waals surface area contributed by atoms with E-state index in [0.29, 0.717) is 0 Å². The number of aryl methyl sites for hydroxylation is 1. The van der Waals surface area contributed by atoms with Crippen molar-refractivity contribution in [2.24, 2.45) is 0 Å². The fraction of sp³-hybridized carbons (Fsp3) is 0.119. The lowest BCUT2D eigenvalue weighted by Gasteiger charge is -2.29. The minimum atomic E-state index is -0.184. The molecule has 60 heavy (non-hydrogen) atoms. The molecule has 1 heteroatoms. The minimum absolute atomic E-state index is 0.184. The van der Waals surface area contributed by atoms with Gasteiger partial charge in [0.15, 0.2) is 0 Å². The Morgan fingerprint density at radius 3 is 1.53 bits per heavy atom. The molecule has 0 aliphatic heterocycles. The molecule has 0 bridgehead atoms. The van der Waals surface area contributed by atoms with Crippen molar-refractivity contribution in [3.8, 4) is 33.4 Å². The smallest absolute Gasteiger partial charge is 0.0465 e. The Kier molecular flexibility index (Phi) is 9.53. The molecule has 1 nitrogen and oxygen atoms in total. The Labute approximate surface area is 355 Å². The average Bonchev–Trinajstić information content (AvgIpc) is 3.52. The third-order valence-electron chi connectivity index (χ3n) is 13.0. The van der Waals surface area contributed by atoms with Gasteiger partial charge < -0.3 is 4.90 Å². The Bertz CT molecular complexity index is 2940. The maximum absolute atomic E-state index is 2.52. The van der Waals surface area contributed by atoms with Crippen molar-refractivity contribution in [1.82, 2.24) is 0 Å². The Hall–Kier alpha value is -6.96. The summed E-state index contributed by atoms with van der Waals surface area (Å²) in [5.41, 5.74) is 18.9. The number of nitrogens with zero attached hydrogens (tertiary/aromatic N) is 1. The first kappa shape index (κ1) is 37.3. The first-order valence-electron chi connectivity index (χ1n) is 21.3. The number of rotatable bonds is 9. The van der Waals surface area contributed by atoms with Gasteiger partial charge in [0.05, 0.1) is 0 Å². The SMILES string of the molecule is Cc1ccc(C(c2ccc3ccccc3c2)C(C)c2ccc3c(c2)C(C)(C)c2cc(N(c4ccccc4)c4ccc(-c5ccc(-c6ccccc6)cc5)cc4)ccc2-3)cc1. The van der Waals surface area contributed by atoms with E-state index in [9.17, 15) is 0 Å². The van der Waals surface area contributed by atoms with Crippen LogP contribution in [-0.4, -0.2) is 0 Å². The second-order valence-corrected chi connectivity index (χ2v) is 17.1. The van der Waals surface area contributed by atoms with Crippen molar-refractivity contribution in [3.63, 3.8) is 0 Å². The van der Waals surface area contributed by atoms with Crippen LogP contribution >= 0.6 is 0 Å². The van der Waals surface area contributed by atoms with Crippen molar-refractivity contribution < 1.29 is 0 Å². The van der Waals surface area contributed by atoms with Crippen LogP contribution in [0.15, 0.2) is 212 Å². The van der Waals surface area contributed by atoms with Crippen molar-refractivity contribution in [3.05, 3.63) is 246 Å². The van der Waals surface area contributed by atoms with Crippen molar-refractivity contribution in [2.45, 2.75) is 44.9 Å². The van der Waals surface area contributed by atoms with E-state index in [1.165, 1.54) is 77.5 Å². The molecule has 2 atom stereocenters. The van der Waals surface area contributed by atoms with Crippen molar-refractivity contribution in [2.75, 3.05) is 4.90 Å². The Morgan fingerprint density at radius 2 is 0.867 bits per heavy atom. The molecule has 10 rings (SSSR count). The molecule has 0 saturated heterocycles. The summed E-state index contributed by atoms with van der Waals surface area (Å²) in [6, 6.07) is 78.5. The second kappa shape index (κ2) is 15.3. The largest absolute Gasteiger partial charge is 0.310 e. The molecule has 2 unspecified atom stereocenters. The van der Waals surface area contributed by atoms with Gasteiger partial charge in [0.1, 0.15) is 0 Å². The number of fused-ring (bicyclic) bond motifs is 4. The van der Waals surface area contributed by atoms with Crippen LogP contribution in [0, 0.1) is 6.92 Å². The van der Waals surface area contributed by atoms with Gasteiger partial charge in [-0.1, -0.05) is 202 Å². The van der Waals surface area contributed by atoms with E-state index in [4.69, 9.17) is 0 Å². The molecule has 9 aromatic carbocycles. The Morgan fingerprint density at radius 1 is 0.383 bits per heavy atom. The lowest BCUT2D eigenvalue weighted by Crippen LogP contribution is -2.17. The minimum Gasteiger partial charge on any atom is -0.310 e. The third-order valence-corrected chi connectivity index (χ3v) is 13.0. The standard InChI is InChI=1S/C59H49N/c1-40-19-21-47(22-20-40)58(50-28-27-43-15-11-12-16-49(43)37-50)41(2)48-31-35-54-55-36-34-53(39-57(55)59(3,4)56(54)38-48)60(51-17-9-6-10-18-51)52-32-29-46(30-33-52)45-25-23-44(24-26-45)42-13-7-5-8-14-42/h5-39,41,58H,1-4H3. The first-order chi connectivity index (χ1) is 29.3. The van der Waals surface area contributed by atoms with Gasteiger partial charge in [0.2, 0.25) is 0 Å². The summed E-state index contributed by atoms with van der Waals surface area (Å²) in [5, 5.41) is 2.57. The molecular formula is C59H49N. The highest BCUT2D eigenvalue weighted by atomic mass is 15.1.